The Hall–Kier alpha value is -3.93. The first-order chi connectivity index (χ1) is 26.3. The van der Waals surface area contributed by atoms with Crippen molar-refractivity contribution in [2.45, 2.75) is 128 Å². The second kappa shape index (κ2) is 21.2. The molecule has 9 nitrogen and oxygen atoms in total. The van der Waals surface area contributed by atoms with Crippen LogP contribution in [0.3, 0.4) is 0 Å². The lowest BCUT2D eigenvalue weighted by Crippen LogP contribution is -2.31. The largest absolute Gasteiger partial charge is 0.463 e. The third kappa shape index (κ3) is 12.3. The SMILES string of the molecule is C=CC(=O)OCCCC1CCC(C2CCC(C(=O)Oc3ccc(C#N)cc3OC(=O)C3CCC(C4CCC(CCCOC(=O)C=C)CC4)CC3)CC2)CC1. The highest BCUT2D eigenvalue weighted by Gasteiger charge is 2.36. The van der Waals surface area contributed by atoms with E-state index in [9.17, 15) is 24.4 Å². The summed E-state index contributed by atoms with van der Waals surface area (Å²) in [6.07, 6.45) is 23.3. The van der Waals surface area contributed by atoms with E-state index in [-0.39, 0.29) is 47.2 Å². The first-order valence-electron chi connectivity index (χ1n) is 20.8. The maximum Gasteiger partial charge on any atom is 0.330 e. The standard InChI is InChI=1S/C45H61NO8/c1-3-42(47)51-27-5-7-31-9-14-34(15-10-31)36-18-22-38(23-19-36)44(49)53-40-26-13-33(30-46)29-41(40)54-45(50)39-24-20-37(21-25-39)35-16-11-32(12-17-35)8-6-28-52-43(48)4-2/h3-4,13,26,29,31-32,34-39H,1-2,5-12,14-25,27-28H2. The molecule has 0 heterocycles. The molecule has 4 aliphatic rings. The molecule has 0 bridgehead atoms. The number of rotatable bonds is 16. The fourth-order valence-corrected chi connectivity index (χ4v) is 9.88. The summed E-state index contributed by atoms with van der Waals surface area (Å²) in [7, 11) is 0. The number of nitrogens with zero attached hydrogens (tertiary/aromatic N) is 1. The number of esters is 4. The first-order valence-corrected chi connectivity index (χ1v) is 20.8. The predicted octanol–water partition coefficient (Wildman–Crippen LogP) is 9.61. The van der Waals surface area contributed by atoms with E-state index in [4.69, 9.17) is 18.9 Å². The summed E-state index contributed by atoms with van der Waals surface area (Å²) in [5.41, 5.74) is 0.348. The molecule has 1 aromatic rings. The maximum absolute atomic E-state index is 13.4. The minimum Gasteiger partial charge on any atom is -0.463 e. The van der Waals surface area contributed by atoms with Gasteiger partial charge in [0.1, 0.15) is 0 Å². The molecule has 0 amide bonds. The fourth-order valence-electron chi connectivity index (χ4n) is 9.88. The topological polar surface area (TPSA) is 129 Å². The third-order valence-corrected chi connectivity index (χ3v) is 13.2. The van der Waals surface area contributed by atoms with Crippen molar-refractivity contribution in [3.05, 3.63) is 49.1 Å². The van der Waals surface area contributed by atoms with Crippen LogP contribution < -0.4 is 9.47 Å². The Morgan fingerprint density at radius 3 is 1.37 bits per heavy atom. The van der Waals surface area contributed by atoms with Crippen molar-refractivity contribution < 1.29 is 38.1 Å². The average molecular weight is 744 g/mol. The van der Waals surface area contributed by atoms with Gasteiger partial charge < -0.3 is 18.9 Å². The number of ether oxygens (including phenoxy) is 4. The van der Waals surface area contributed by atoms with E-state index < -0.39 is 0 Å². The van der Waals surface area contributed by atoms with Gasteiger partial charge in [-0.1, -0.05) is 38.8 Å². The minimum atomic E-state index is -0.355. The van der Waals surface area contributed by atoms with Gasteiger partial charge in [-0.15, -0.1) is 0 Å². The Kier molecular flexibility index (Phi) is 16.2. The van der Waals surface area contributed by atoms with E-state index >= 15 is 0 Å². The van der Waals surface area contributed by atoms with Crippen molar-refractivity contribution in [1.82, 2.24) is 0 Å². The number of hydrogen-bond acceptors (Lipinski definition) is 9. The van der Waals surface area contributed by atoms with Crippen LogP contribution in [0.5, 0.6) is 11.5 Å². The number of benzene rings is 1. The molecular weight excluding hydrogens is 682 g/mol. The molecular formula is C45H61NO8. The van der Waals surface area contributed by atoms with Gasteiger partial charge in [0.25, 0.3) is 0 Å². The van der Waals surface area contributed by atoms with Crippen molar-refractivity contribution >= 4 is 23.9 Å². The fraction of sp³-hybridized carbons (Fsp3) is 0.667. The monoisotopic (exact) mass is 743 g/mol. The molecule has 4 fully saturated rings. The second-order valence-electron chi connectivity index (χ2n) is 16.4. The Balaban J connectivity index is 1.02. The zero-order chi connectivity index (χ0) is 38.3. The van der Waals surface area contributed by atoms with Crippen LogP contribution in [0.2, 0.25) is 0 Å². The molecule has 0 saturated heterocycles. The van der Waals surface area contributed by atoms with E-state index in [1.165, 1.54) is 69.6 Å². The molecule has 0 atom stereocenters. The highest BCUT2D eigenvalue weighted by atomic mass is 16.6. The number of carbonyl (C=O) groups excluding carboxylic acids is 4. The predicted molar refractivity (Wildman–Crippen MR) is 205 cm³/mol. The molecule has 1 aromatic carbocycles. The Morgan fingerprint density at radius 1 is 0.593 bits per heavy atom. The molecule has 4 aliphatic carbocycles. The van der Waals surface area contributed by atoms with Crippen molar-refractivity contribution in [3.8, 4) is 17.6 Å². The summed E-state index contributed by atoms with van der Waals surface area (Å²) in [5, 5.41) is 9.56. The third-order valence-electron chi connectivity index (χ3n) is 13.2. The first kappa shape index (κ1) is 41.2. The molecule has 4 saturated carbocycles. The lowest BCUT2D eigenvalue weighted by Gasteiger charge is -2.37. The van der Waals surface area contributed by atoms with Crippen LogP contribution in [0.15, 0.2) is 43.5 Å². The van der Waals surface area contributed by atoms with E-state index in [0.29, 0.717) is 54.3 Å². The lowest BCUT2D eigenvalue weighted by molar-refractivity contribution is -0.143. The van der Waals surface area contributed by atoms with Gasteiger partial charge in [-0.05, 0) is 150 Å². The number of nitriles is 1. The Bertz CT molecular complexity index is 1460. The van der Waals surface area contributed by atoms with E-state index in [1.54, 1.807) is 12.1 Å². The summed E-state index contributed by atoms with van der Waals surface area (Å²) in [6.45, 7) is 7.79. The van der Waals surface area contributed by atoms with Crippen LogP contribution in [0.25, 0.3) is 0 Å². The highest BCUT2D eigenvalue weighted by molar-refractivity contribution is 5.81. The zero-order valence-corrected chi connectivity index (χ0v) is 32.2. The Labute approximate surface area is 322 Å². The summed E-state index contributed by atoms with van der Waals surface area (Å²) in [6, 6.07) is 6.79. The van der Waals surface area contributed by atoms with Crippen LogP contribution in [0, 0.1) is 58.7 Å². The molecule has 0 N–H and O–H groups in total. The van der Waals surface area contributed by atoms with Crippen LogP contribution in [0.1, 0.15) is 134 Å². The summed E-state index contributed by atoms with van der Waals surface area (Å²) in [5.74, 6) is 2.67. The summed E-state index contributed by atoms with van der Waals surface area (Å²) < 4.78 is 22.0. The van der Waals surface area contributed by atoms with Gasteiger partial charge in [0.15, 0.2) is 11.5 Å². The van der Waals surface area contributed by atoms with Crippen molar-refractivity contribution in [2.75, 3.05) is 13.2 Å². The van der Waals surface area contributed by atoms with E-state index in [2.05, 4.69) is 19.2 Å². The Morgan fingerprint density at radius 2 is 0.981 bits per heavy atom. The van der Waals surface area contributed by atoms with Gasteiger partial charge in [-0.3, -0.25) is 9.59 Å². The van der Waals surface area contributed by atoms with E-state index in [0.717, 1.165) is 77.0 Å². The van der Waals surface area contributed by atoms with Crippen LogP contribution >= 0.6 is 0 Å². The van der Waals surface area contributed by atoms with Gasteiger partial charge in [0.05, 0.1) is 36.7 Å². The smallest absolute Gasteiger partial charge is 0.330 e. The summed E-state index contributed by atoms with van der Waals surface area (Å²) >= 11 is 0. The average Bonchev–Trinajstić information content (AvgIpc) is 3.22. The van der Waals surface area contributed by atoms with Gasteiger partial charge >= 0.3 is 23.9 Å². The van der Waals surface area contributed by atoms with Gasteiger partial charge in [0.2, 0.25) is 0 Å². The van der Waals surface area contributed by atoms with Gasteiger partial charge in [0, 0.05) is 18.2 Å². The molecule has 0 aromatic heterocycles. The molecule has 0 aliphatic heterocycles. The molecule has 0 unspecified atom stereocenters. The minimum absolute atomic E-state index is 0.149. The number of carbonyl (C=O) groups is 4. The molecule has 294 valence electrons. The molecule has 9 heteroatoms. The van der Waals surface area contributed by atoms with Crippen molar-refractivity contribution in [2.24, 2.45) is 47.3 Å². The second-order valence-corrected chi connectivity index (χ2v) is 16.4. The van der Waals surface area contributed by atoms with Gasteiger partial charge in [-0.25, -0.2) is 9.59 Å². The molecule has 0 radical (unpaired) electrons. The maximum atomic E-state index is 13.4. The van der Waals surface area contributed by atoms with Crippen LogP contribution in [0.4, 0.5) is 0 Å². The normalized spacial score (nSPS) is 28.4. The van der Waals surface area contributed by atoms with Gasteiger partial charge in [-0.2, -0.15) is 5.26 Å². The zero-order valence-electron chi connectivity index (χ0n) is 32.2. The van der Waals surface area contributed by atoms with Crippen molar-refractivity contribution in [1.29, 1.82) is 5.26 Å². The van der Waals surface area contributed by atoms with E-state index in [1.807, 2.05) is 0 Å². The van der Waals surface area contributed by atoms with Crippen LogP contribution in [-0.2, 0) is 28.7 Å². The molecule has 54 heavy (non-hydrogen) atoms. The number of hydrogen-bond donors (Lipinski definition) is 0. The van der Waals surface area contributed by atoms with Crippen LogP contribution in [-0.4, -0.2) is 37.1 Å². The summed E-state index contributed by atoms with van der Waals surface area (Å²) in [4.78, 5) is 49.3. The quantitative estimate of drug-likeness (QED) is 0.0703. The molecule has 5 rings (SSSR count). The lowest BCUT2D eigenvalue weighted by atomic mass is 9.68. The molecule has 0 spiro atoms. The van der Waals surface area contributed by atoms with Crippen molar-refractivity contribution in [3.63, 3.8) is 0 Å². The highest BCUT2D eigenvalue weighted by Crippen LogP contribution is 2.44.